The Bertz CT molecular complexity index is 315. The summed E-state index contributed by atoms with van der Waals surface area (Å²) >= 11 is 5.17. The molecule has 0 aromatic heterocycles. The maximum atomic E-state index is 12.6. The first-order valence-electron chi connectivity index (χ1n) is 6.65. The van der Waals surface area contributed by atoms with Crippen LogP contribution in [-0.4, -0.2) is 28.9 Å². The van der Waals surface area contributed by atoms with Gasteiger partial charge in [-0.25, -0.2) is 0 Å². The van der Waals surface area contributed by atoms with Gasteiger partial charge in [0.2, 0.25) is 5.91 Å². The molecule has 0 radical (unpaired) electrons. The van der Waals surface area contributed by atoms with Crippen molar-refractivity contribution >= 4 is 23.1 Å². The van der Waals surface area contributed by atoms with Crippen LogP contribution >= 0.6 is 12.2 Å². The van der Waals surface area contributed by atoms with Crippen LogP contribution in [0.1, 0.15) is 45.4 Å². The molecule has 2 rings (SSSR count). The quantitative estimate of drug-likeness (QED) is 0.768. The van der Waals surface area contributed by atoms with E-state index in [-0.39, 0.29) is 5.91 Å². The maximum absolute atomic E-state index is 12.6. The molecular weight excluding hydrogens is 232 g/mol. The standard InChI is InChI=1S/C13H22N2OS/c1-10-4-8-15(9-5-10)12(16)13(11(14)17)6-2-3-7-13/h10H,2-9H2,1H3,(H2,14,17). The highest BCUT2D eigenvalue weighted by Gasteiger charge is 2.46. The van der Waals surface area contributed by atoms with E-state index in [0.29, 0.717) is 4.99 Å². The van der Waals surface area contributed by atoms with Crippen molar-refractivity contribution in [1.82, 2.24) is 4.90 Å². The number of hydrogen-bond acceptors (Lipinski definition) is 2. The second-order valence-electron chi connectivity index (χ2n) is 5.63. The lowest BCUT2D eigenvalue weighted by Gasteiger charge is -2.37. The van der Waals surface area contributed by atoms with Crippen LogP contribution in [0, 0.1) is 11.3 Å². The first-order chi connectivity index (χ1) is 8.06. The highest BCUT2D eigenvalue weighted by Crippen LogP contribution is 2.40. The van der Waals surface area contributed by atoms with Crippen LogP contribution in [0.5, 0.6) is 0 Å². The van der Waals surface area contributed by atoms with Crippen molar-refractivity contribution < 1.29 is 4.79 Å². The van der Waals surface area contributed by atoms with Crippen LogP contribution in [0.4, 0.5) is 0 Å². The molecule has 1 amide bonds. The van der Waals surface area contributed by atoms with Crippen molar-refractivity contribution in [3.05, 3.63) is 0 Å². The van der Waals surface area contributed by atoms with E-state index in [4.69, 9.17) is 18.0 Å². The van der Waals surface area contributed by atoms with E-state index >= 15 is 0 Å². The Hall–Kier alpha value is -0.640. The van der Waals surface area contributed by atoms with Crippen LogP contribution in [0.25, 0.3) is 0 Å². The Morgan fingerprint density at radius 1 is 1.29 bits per heavy atom. The largest absolute Gasteiger partial charge is 0.392 e. The molecule has 96 valence electrons. The van der Waals surface area contributed by atoms with Gasteiger partial charge in [0.05, 0.1) is 10.4 Å². The molecule has 1 saturated carbocycles. The van der Waals surface area contributed by atoms with Gasteiger partial charge in [0.15, 0.2) is 0 Å². The average Bonchev–Trinajstić information content (AvgIpc) is 2.79. The van der Waals surface area contributed by atoms with Gasteiger partial charge in [-0.3, -0.25) is 4.79 Å². The normalized spacial score (nSPS) is 24.9. The van der Waals surface area contributed by atoms with Gasteiger partial charge in [-0.15, -0.1) is 0 Å². The second kappa shape index (κ2) is 4.92. The van der Waals surface area contributed by atoms with E-state index in [0.717, 1.165) is 57.5 Å². The Morgan fingerprint density at radius 2 is 1.82 bits per heavy atom. The lowest BCUT2D eigenvalue weighted by Crippen LogP contribution is -2.51. The number of nitrogens with two attached hydrogens (primary N) is 1. The molecule has 17 heavy (non-hydrogen) atoms. The Labute approximate surface area is 109 Å². The highest BCUT2D eigenvalue weighted by molar-refractivity contribution is 7.80. The first-order valence-corrected chi connectivity index (χ1v) is 7.06. The van der Waals surface area contributed by atoms with Gasteiger partial charge in [0, 0.05) is 13.1 Å². The summed E-state index contributed by atoms with van der Waals surface area (Å²) in [4.78, 5) is 15.0. The molecule has 1 aliphatic heterocycles. The minimum absolute atomic E-state index is 0.203. The summed E-state index contributed by atoms with van der Waals surface area (Å²) < 4.78 is 0. The molecular formula is C13H22N2OS. The number of piperidine rings is 1. The first kappa shape index (κ1) is 12.8. The van der Waals surface area contributed by atoms with Crippen molar-refractivity contribution in [3.8, 4) is 0 Å². The van der Waals surface area contributed by atoms with E-state index < -0.39 is 5.41 Å². The highest BCUT2D eigenvalue weighted by atomic mass is 32.1. The van der Waals surface area contributed by atoms with Crippen molar-refractivity contribution in [2.75, 3.05) is 13.1 Å². The molecule has 0 bridgehead atoms. The molecule has 1 saturated heterocycles. The summed E-state index contributed by atoms with van der Waals surface area (Å²) in [5.41, 5.74) is 5.35. The van der Waals surface area contributed by atoms with Crippen LogP contribution in [0.15, 0.2) is 0 Å². The Morgan fingerprint density at radius 3 is 2.29 bits per heavy atom. The fourth-order valence-corrected chi connectivity index (χ4v) is 3.35. The predicted molar refractivity (Wildman–Crippen MR) is 72.7 cm³/mol. The van der Waals surface area contributed by atoms with E-state index in [9.17, 15) is 4.79 Å². The maximum Gasteiger partial charge on any atom is 0.235 e. The molecule has 3 nitrogen and oxygen atoms in total. The molecule has 0 unspecified atom stereocenters. The zero-order chi connectivity index (χ0) is 12.5. The number of hydrogen-bond donors (Lipinski definition) is 1. The summed E-state index contributed by atoms with van der Waals surface area (Å²) in [6.45, 7) is 4.01. The molecule has 0 aromatic rings. The molecule has 0 aromatic carbocycles. The minimum atomic E-state index is -0.504. The van der Waals surface area contributed by atoms with Crippen LogP contribution in [0.2, 0.25) is 0 Å². The van der Waals surface area contributed by atoms with Crippen molar-refractivity contribution in [2.45, 2.75) is 45.4 Å². The number of amides is 1. The van der Waals surface area contributed by atoms with Gasteiger partial charge >= 0.3 is 0 Å². The summed E-state index contributed by atoms with van der Waals surface area (Å²) in [6.07, 6.45) is 6.08. The topological polar surface area (TPSA) is 46.3 Å². The fraction of sp³-hybridized carbons (Fsp3) is 0.846. The second-order valence-corrected chi connectivity index (χ2v) is 6.07. The zero-order valence-electron chi connectivity index (χ0n) is 10.6. The van der Waals surface area contributed by atoms with Gasteiger partial charge in [-0.2, -0.15) is 0 Å². The molecule has 1 heterocycles. The average molecular weight is 254 g/mol. The third-order valence-corrected chi connectivity index (χ3v) is 4.80. The van der Waals surface area contributed by atoms with E-state index in [2.05, 4.69) is 6.92 Å². The summed E-state index contributed by atoms with van der Waals surface area (Å²) in [5, 5.41) is 0. The summed E-state index contributed by atoms with van der Waals surface area (Å²) in [5.74, 6) is 0.942. The van der Waals surface area contributed by atoms with E-state index in [1.807, 2.05) is 4.90 Å². The zero-order valence-corrected chi connectivity index (χ0v) is 11.4. The van der Waals surface area contributed by atoms with Gasteiger partial charge < -0.3 is 10.6 Å². The Balaban J connectivity index is 2.09. The molecule has 1 aliphatic carbocycles. The summed E-state index contributed by atoms with van der Waals surface area (Å²) in [7, 11) is 0. The van der Waals surface area contributed by atoms with Crippen LogP contribution in [0.3, 0.4) is 0 Å². The van der Waals surface area contributed by atoms with E-state index in [1.165, 1.54) is 0 Å². The SMILES string of the molecule is CC1CCN(C(=O)C2(C(N)=S)CCCC2)CC1. The number of thiocarbonyl (C=S) groups is 1. The molecule has 0 spiro atoms. The van der Waals surface area contributed by atoms with E-state index in [1.54, 1.807) is 0 Å². The third-order valence-electron chi connectivity index (χ3n) is 4.41. The Kier molecular flexibility index (Phi) is 3.71. The number of carbonyl (C=O) groups is 1. The smallest absolute Gasteiger partial charge is 0.235 e. The monoisotopic (exact) mass is 254 g/mol. The van der Waals surface area contributed by atoms with Gasteiger partial charge in [-0.1, -0.05) is 32.0 Å². The van der Waals surface area contributed by atoms with Crippen LogP contribution < -0.4 is 5.73 Å². The number of carbonyl (C=O) groups excluding carboxylic acids is 1. The van der Waals surface area contributed by atoms with Crippen molar-refractivity contribution in [1.29, 1.82) is 0 Å². The summed E-state index contributed by atoms with van der Waals surface area (Å²) in [6, 6.07) is 0. The van der Waals surface area contributed by atoms with Crippen LogP contribution in [-0.2, 0) is 4.79 Å². The van der Waals surface area contributed by atoms with Gasteiger partial charge in [-0.05, 0) is 31.6 Å². The van der Waals surface area contributed by atoms with Crippen molar-refractivity contribution in [3.63, 3.8) is 0 Å². The molecule has 4 heteroatoms. The molecule has 0 atom stereocenters. The number of likely N-dealkylation sites (tertiary alicyclic amines) is 1. The van der Waals surface area contributed by atoms with Crippen molar-refractivity contribution in [2.24, 2.45) is 17.1 Å². The van der Waals surface area contributed by atoms with Gasteiger partial charge in [0.1, 0.15) is 0 Å². The molecule has 2 fully saturated rings. The van der Waals surface area contributed by atoms with Gasteiger partial charge in [0.25, 0.3) is 0 Å². The molecule has 2 N–H and O–H groups in total. The minimum Gasteiger partial charge on any atom is -0.392 e. The lowest BCUT2D eigenvalue weighted by atomic mass is 9.83. The third kappa shape index (κ3) is 2.32. The fourth-order valence-electron chi connectivity index (χ4n) is 3.06. The lowest BCUT2D eigenvalue weighted by molar-refractivity contribution is -0.139. The molecule has 2 aliphatic rings. The predicted octanol–water partition coefficient (Wildman–Crippen LogP) is 2.09. The number of rotatable bonds is 2. The number of nitrogens with zero attached hydrogens (tertiary/aromatic N) is 1.